The molecule has 0 aromatic rings. The molecule has 0 bridgehead atoms. The molecule has 0 aromatic heterocycles. The van der Waals surface area contributed by atoms with Gasteiger partial charge in [-0.1, -0.05) is 0 Å². The van der Waals surface area contributed by atoms with Crippen LogP contribution in [0.3, 0.4) is 0 Å². The molecule has 1 saturated carbocycles. The first-order chi connectivity index (χ1) is 8.13. The first-order valence-electron chi connectivity index (χ1n) is 6.86. The van der Waals surface area contributed by atoms with E-state index in [-0.39, 0.29) is 24.0 Å². The molecule has 0 aromatic carbocycles. The fraction of sp³-hybridized carbons (Fsp3) is 0.923. The Balaban J connectivity index is 0.00000289. The van der Waals surface area contributed by atoms with Crippen LogP contribution in [0.2, 0.25) is 0 Å². The zero-order chi connectivity index (χ0) is 12.7. The SMILES string of the molecule is CCNC(=NCC1CC1)NCCN(C)C(C)C.I. The number of nitrogens with zero attached hydrogens (tertiary/aromatic N) is 2. The number of rotatable bonds is 7. The van der Waals surface area contributed by atoms with E-state index in [2.05, 4.69) is 48.3 Å². The monoisotopic (exact) mass is 368 g/mol. The van der Waals surface area contributed by atoms with E-state index in [1.54, 1.807) is 0 Å². The fourth-order valence-electron chi connectivity index (χ4n) is 1.47. The van der Waals surface area contributed by atoms with E-state index in [1.165, 1.54) is 12.8 Å². The molecule has 18 heavy (non-hydrogen) atoms. The average Bonchev–Trinajstić information content (AvgIpc) is 3.09. The normalized spacial score (nSPS) is 15.8. The Kier molecular flexibility index (Phi) is 9.81. The first kappa shape index (κ1) is 18.0. The van der Waals surface area contributed by atoms with Crippen LogP contribution in [0.1, 0.15) is 33.6 Å². The second-order valence-corrected chi connectivity index (χ2v) is 5.16. The van der Waals surface area contributed by atoms with Crippen LogP contribution in [0.15, 0.2) is 4.99 Å². The molecule has 0 amide bonds. The molecule has 0 heterocycles. The summed E-state index contributed by atoms with van der Waals surface area (Å²) in [7, 11) is 2.15. The molecule has 1 aliphatic carbocycles. The summed E-state index contributed by atoms with van der Waals surface area (Å²) in [5, 5.41) is 6.68. The van der Waals surface area contributed by atoms with Crippen LogP contribution in [0.5, 0.6) is 0 Å². The van der Waals surface area contributed by atoms with E-state index in [9.17, 15) is 0 Å². The Bertz CT molecular complexity index is 239. The molecule has 5 heteroatoms. The first-order valence-corrected chi connectivity index (χ1v) is 6.86. The highest BCUT2D eigenvalue weighted by atomic mass is 127. The zero-order valence-electron chi connectivity index (χ0n) is 12.2. The number of aliphatic imine (C=N–C) groups is 1. The number of nitrogens with one attached hydrogen (secondary N) is 2. The van der Waals surface area contributed by atoms with Gasteiger partial charge in [0.2, 0.25) is 0 Å². The molecule has 2 N–H and O–H groups in total. The lowest BCUT2D eigenvalue weighted by molar-refractivity contribution is 0.278. The van der Waals surface area contributed by atoms with E-state index in [4.69, 9.17) is 0 Å². The van der Waals surface area contributed by atoms with Gasteiger partial charge in [-0.2, -0.15) is 0 Å². The van der Waals surface area contributed by atoms with Crippen molar-refractivity contribution in [2.24, 2.45) is 10.9 Å². The maximum Gasteiger partial charge on any atom is 0.191 e. The third-order valence-electron chi connectivity index (χ3n) is 3.19. The number of likely N-dealkylation sites (N-methyl/N-ethyl adjacent to an activating group) is 1. The van der Waals surface area contributed by atoms with Crippen LogP contribution in [0.4, 0.5) is 0 Å². The molecule has 1 aliphatic rings. The lowest BCUT2D eigenvalue weighted by atomic mass is 10.3. The van der Waals surface area contributed by atoms with Crippen LogP contribution < -0.4 is 10.6 Å². The van der Waals surface area contributed by atoms with Crippen molar-refractivity contribution in [3.63, 3.8) is 0 Å². The Labute approximate surface area is 129 Å². The minimum absolute atomic E-state index is 0. The summed E-state index contributed by atoms with van der Waals surface area (Å²) in [5.41, 5.74) is 0. The van der Waals surface area contributed by atoms with Gasteiger partial charge in [0.15, 0.2) is 5.96 Å². The summed E-state index contributed by atoms with van der Waals surface area (Å²) >= 11 is 0. The van der Waals surface area contributed by atoms with Crippen molar-refractivity contribution >= 4 is 29.9 Å². The topological polar surface area (TPSA) is 39.7 Å². The smallest absolute Gasteiger partial charge is 0.191 e. The zero-order valence-corrected chi connectivity index (χ0v) is 14.5. The molecular formula is C13H29IN4. The maximum atomic E-state index is 4.59. The van der Waals surface area contributed by atoms with Gasteiger partial charge in [-0.15, -0.1) is 24.0 Å². The Morgan fingerprint density at radius 1 is 1.33 bits per heavy atom. The van der Waals surface area contributed by atoms with E-state index in [0.717, 1.165) is 38.1 Å². The van der Waals surface area contributed by atoms with Gasteiger partial charge < -0.3 is 15.5 Å². The Morgan fingerprint density at radius 3 is 2.50 bits per heavy atom. The van der Waals surface area contributed by atoms with Crippen molar-refractivity contribution in [2.75, 3.05) is 33.2 Å². The summed E-state index contributed by atoms with van der Waals surface area (Å²) in [6, 6.07) is 0.600. The molecule has 0 radical (unpaired) electrons. The van der Waals surface area contributed by atoms with Crippen LogP contribution in [-0.4, -0.2) is 50.1 Å². The van der Waals surface area contributed by atoms with E-state index < -0.39 is 0 Å². The standard InChI is InChI=1S/C13H28N4.HI/c1-5-14-13(16-10-12-6-7-12)15-8-9-17(4)11(2)3;/h11-12H,5-10H2,1-4H3,(H2,14,15,16);1H. The van der Waals surface area contributed by atoms with E-state index in [0.29, 0.717) is 6.04 Å². The van der Waals surface area contributed by atoms with Gasteiger partial charge in [-0.25, -0.2) is 0 Å². The lowest BCUT2D eigenvalue weighted by Gasteiger charge is -2.21. The Morgan fingerprint density at radius 2 is 2.00 bits per heavy atom. The molecule has 108 valence electrons. The Hall–Kier alpha value is -0.0400. The summed E-state index contributed by atoms with van der Waals surface area (Å²) in [6.07, 6.45) is 2.72. The van der Waals surface area contributed by atoms with Crippen LogP contribution in [-0.2, 0) is 0 Å². The lowest BCUT2D eigenvalue weighted by Crippen LogP contribution is -2.42. The number of halogens is 1. The predicted molar refractivity (Wildman–Crippen MR) is 89.9 cm³/mol. The summed E-state index contributed by atoms with van der Waals surface area (Å²) in [6.45, 7) is 10.4. The van der Waals surface area contributed by atoms with Crippen LogP contribution >= 0.6 is 24.0 Å². The van der Waals surface area contributed by atoms with Crippen molar-refractivity contribution in [3.8, 4) is 0 Å². The van der Waals surface area contributed by atoms with E-state index in [1.807, 2.05) is 0 Å². The number of hydrogen-bond acceptors (Lipinski definition) is 2. The second-order valence-electron chi connectivity index (χ2n) is 5.16. The molecule has 0 atom stereocenters. The highest BCUT2D eigenvalue weighted by Gasteiger charge is 2.20. The molecule has 4 nitrogen and oxygen atoms in total. The van der Waals surface area contributed by atoms with Crippen molar-refractivity contribution < 1.29 is 0 Å². The molecular weight excluding hydrogens is 339 g/mol. The van der Waals surface area contributed by atoms with Crippen molar-refractivity contribution in [2.45, 2.75) is 39.7 Å². The van der Waals surface area contributed by atoms with Gasteiger partial charge in [0, 0.05) is 32.2 Å². The van der Waals surface area contributed by atoms with Crippen molar-refractivity contribution in [1.82, 2.24) is 15.5 Å². The largest absolute Gasteiger partial charge is 0.357 e. The molecule has 0 aliphatic heterocycles. The average molecular weight is 368 g/mol. The van der Waals surface area contributed by atoms with E-state index >= 15 is 0 Å². The minimum atomic E-state index is 0. The fourth-order valence-corrected chi connectivity index (χ4v) is 1.47. The van der Waals surface area contributed by atoms with Gasteiger partial charge in [-0.3, -0.25) is 4.99 Å². The highest BCUT2D eigenvalue weighted by Crippen LogP contribution is 2.28. The van der Waals surface area contributed by atoms with Crippen LogP contribution in [0, 0.1) is 5.92 Å². The number of hydrogen-bond donors (Lipinski definition) is 2. The second kappa shape index (κ2) is 9.83. The van der Waals surface area contributed by atoms with Gasteiger partial charge in [0.1, 0.15) is 0 Å². The van der Waals surface area contributed by atoms with Crippen LogP contribution in [0.25, 0.3) is 0 Å². The van der Waals surface area contributed by atoms with Crippen molar-refractivity contribution in [3.05, 3.63) is 0 Å². The third kappa shape index (κ3) is 8.13. The quantitative estimate of drug-likeness (QED) is 0.410. The molecule has 1 rings (SSSR count). The summed E-state index contributed by atoms with van der Waals surface area (Å²) in [5.74, 6) is 1.82. The number of guanidine groups is 1. The maximum absolute atomic E-state index is 4.59. The van der Waals surface area contributed by atoms with Crippen molar-refractivity contribution in [1.29, 1.82) is 0 Å². The predicted octanol–water partition coefficient (Wildman–Crippen LogP) is 1.91. The summed E-state index contributed by atoms with van der Waals surface area (Å²) in [4.78, 5) is 6.92. The molecule has 0 spiro atoms. The van der Waals surface area contributed by atoms with Gasteiger partial charge in [-0.05, 0) is 46.6 Å². The summed E-state index contributed by atoms with van der Waals surface area (Å²) < 4.78 is 0. The van der Waals surface area contributed by atoms with Gasteiger partial charge in [0.05, 0.1) is 0 Å². The molecule has 0 unspecified atom stereocenters. The molecule has 1 fully saturated rings. The van der Waals surface area contributed by atoms with Gasteiger partial charge >= 0.3 is 0 Å². The molecule has 0 saturated heterocycles. The third-order valence-corrected chi connectivity index (χ3v) is 3.19. The highest BCUT2D eigenvalue weighted by molar-refractivity contribution is 14.0. The minimum Gasteiger partial charge on any atom is -0.357 e. The van der Waals surface area contributed by atoms with Gasteiger partial charge in [0.25, 0.3) is 0 Å².